The van der Waals surface area contributed by atoms with Gasteiger partial charge in [0, 0.05) is 0 Å². The molecule has 0 aromatic heterocycles. The van der Waals surface area contributed by atoms with Gasteiger partial charge in [-0.3, -0.25) is 0 Å². The molecule has 0 aromatic rings. The highest BCUT2D eigenvalue weighted by atomic mass is 16.3. The Kier molecular flexibility index (Phi) is 4.95. The van der Waals surface area contributed by atoms with Crippen molar-refractivity contribution < 1.29 is 5.11 Å². The monoisotopic (exact) mass is 139 g/mol. The van der Waals surface area contributed by atoms with Gasteiger partial charge in [0.2, 0.25) is 0 Å². The second-order valence-corrected chi connectivity index (χ2v) is 2.79. The van der Waals surface area contributed by atoms with Gasteiger partial charge in [-0.05, 0) is 18.4 Å². The molecule has 10 heavy (non-hydrogen) atoms. The van der Waals surface area contributed by atoms with Gasteiger partial charge in [0.1, 0.15) is 6.61 Å². The lowest BCUT2D eigenvalue weighted by Gasteiger charge is -1.91. The SMILES string of the molecule is CC(=CC=CC(C)C)C[O]. The van der Waals surface area contributed by atoms with Gasteiger partial charge in [0.05, 0.1) is 0 Å². The topological polar surface area (TPSA) is 19.9 Å². The average Bonchev–Trinajstić information content (AvgIpc) is 1.87. The van der Waals surface area contributed by atoms with Gasteiger partial charge in [0.25, 0.3) is 0 Å². The molecule has 0 aromatic carbocycles. The smallest absolute Gasteiger partial charge is 0.103 e. The summed E-state index contributed by atoms with van der Waals surface area (Å²) in [5.74, 6) is 0.565. The van der Waals surface area contributed by atoms with E-state index in [4.69, 9.17) is 0 Å². The number of rotatable bonds is 3. The molecule has 0 bridgehead atoms. The molecule has 0 rings (SSSR count). The highest BCUT2D eigenvalue weighted by Gasteiger charge is 1.83. The summed E-state index contributed by atoms with van der Waals surface area (Å²) < 4.78 is 0. The van der Waals surface area contributed by atoms with Crippen LogP contribution < -0.4 is 0 Å². The van der Waals surface area contributed by atoms with E-state index in [9.17, 15) is 5.11 Å². The molecule has 1 heteroatoms. The van der Waals surface area contributed by atoms with Gasteiger partial charge in [-0.2, -0.15) is 0 Å². The number of hydrogen-bond donors (Lipinski definition) is 0. The highest BCUT2D eigenvalue weighted by molar-refractivity contribution is 5.10. The fourth-order valence-corrected chi connectivity index (χ4v) is 0.490. The zero-order valence-electron chi connectivity index (χ0n) is 6.92. The molecule has 0 aliphatic carbocycles. The van der Waals surface area contributed by atoms with E-state index in [0.717, 1.165) is 5.57 Å². The summed E-state index contributed by atoms with van der Waals surface area (Å²) >= 11 is 0. The average molecular weight is 139 g/mol. The van der Waals surface area contributed by atoms with Crippen LogP contribution in [0.1, 0.15) is 20.8 Å². The standard InChI is InChI=1S/C9H15O/c1-8(2)5-4-6-9(3)7-10/h4-6,8H,7H2,1-3H3. The van der Waals surface area contributed by atoms with Gasteiger partial charge in [-0.15, -0.1) is 0 Å². The van der Waals surface area contributed by atoms with Crippen molar-refractivity contribution in [3.8, 4) is 0 Å². The molecule has 0 unspecified atom stereocenters. The maximum absolute atomic E-state index is 10.2. The molecule has 0 heterocycles. The van der Waals surface area contributed by atoms with E-state index < -0.39 is 0 Å². The van der Waals surface area contributed by atoms with E-state index >= 15 is 0 Å². The van der Waals surface area contributed by atoms with Crippen LogP contribution in [-0.2, 0) is 5.11 Å². The summed E-state index contributed by atoms with van der Waals surface area (Å²) in [6, 6.07) is 0. The Morgan fingerprint density at radius 3 is 2.50 bits per heavy atom. The zero-order valence-corrected chi connectivity index (χ0v) is 6.92. The van der Waals surface area contributed by atoms with Crippen LogP contribution >= 0.6 is 0 Å². The molecule has 0 N–H and O–H groups in total. The minimum Gasteiger partial charge on any atom is -0.232 e. The van der Waals surface area contributed by atoms with Crippen LogP contribution in [0.4, 0.5) is 0 Å². The van der Waals surface area contributed by atoms with Gasteiger partial charge in [-0.1, -0.05) is 32.1 Å². The first-order valence-electron chi connectivity index (χ1n) is 3.59. The molecule has 0 saturated carbocycles. The molecular weight excluding hydrogens is 124 g/mol. The van der Waals surface area contributed by atoms with Gasteiger partial charge >= 0.3 is 0 Å². The second-order valence-electron chi connectivity index (χ2n) is 2.79. The van der Waals surface area contributed by atoms with Crippen LogP contribution in [0.5, 0.6) is 0 Å². The molecule has 0 spiro atoms. The summed E-state index contributed by atoms with van der Waals surface area (Å²) in [5, 5.41) is 10.2. The van der Waals surface area contributed by atoms with Crippen LogP contribution in [0.3, 0.4) is 0 Å². The minimum atomic E-state index is -0.0948. The lowest BCUT2D eigenvalue weighted by molar-refractivity contribution is 0.223. The Hall–Kier alpha value is -0.560. The van der Waals surface area contributed by atoms with E-state index in [-0.39, 0.29) is 6.61 Å². The van der Waals surface area contributed by atoms with Crippen LogP contribution in [0.15, 0.2) is 23.8 Å². The van der Waals surface area contributed by atoms with Gasteiger partial charge in [-0.25, -0.2) is 5.11 Å². The molecule has 0 atom stereocenters. The Balaban J connectivity index is 3.70. The molecule has 0 aliphatic heterocycles. The van der Waals surface area contributed by atoms with Crippen molar-refractivity contribution in [3.05, 3.63) is 23.8 Å². The molecular formula is C9H15O. The van der Waals surface area contributed by atoms with Crippen molar-refractivity contribution >= 4 is 0 Å². The third-order valence-electron chi connectivity index (χ3n) is 1.10. The summed E-state index contributed by atoms with van der Waals surface area (Å²) in [7, 11) is 0. The first-order valence-corrected chi connectivity index (χ1v) is 3.59. The summed E-state index contributed by atoms with van der Waals surface area (Å²) in [6.07, 6.45) is 5.88. The van der Waals surface area contributed by atoms with Crippen molar-refractivity contribution in [1.29, 1.82) is 0 Å². The summed E-state index contributed by atoms with van der Waals surface area (Å²) in [6.45, 7) is 5.97. The van der Waals surface area contributed by atoms with Crippen LogP contribution in [-0.4, -0.2) is 6.61 Å². The van der Waals surface area contributed by atoms with Gasteiger partial charge in [0.15, 0.2) is 0 Å². The zero-order chi connectivity index (χ0) is 7.98. The van der Waals surface area contributed by atoms with Crippen molar-refractivity contribution in [2.24, 2.45) is 5.92 Å². The largest absolute Gasteiger partial charge is 0.232 e. The molecule has 0 amide bonds. The summed E-state index contributed by atoms with van der Waals surface area (Å²) in [5.41, 5.74) is 0.886. The number of hydrogen-bond acceptors (Lipinski definition) is 0. The fourth-order valence-electron chi connectivity index (χ4n) is 0.490. The van der Waals surface area contributed by atoms with Crippen LogP contribution in [0, 0.1) is 5.92 Å². The molecule has 1 nitrogen and oxygen atoms in total. The van der Waals surface area contributed by atoms with E-state index in [0.29, 0.717) is 5.92 Å². The first kappa shape index (κ1) is 9.44. The third-order valence-corrected chi connectivity index (χ3v) is 1.10. The first-order chi connectivity index (χ1) is 4.66. The van der Waals surface area contributed by atoms with E-state index in [1.807, 2.05) is 19.1 Å². The molecule has 57 valence electrons. The van der Waals surface area contributed by atoms with E-state index in [1.54, 1.807) is 0 Å². The molecule has 0 fully saturated rings. The van der Waals surface area contributed by atoms with Crippen molar-refractivity contribution in [3.63, 3.8) is 0 Å². The van der Waals surface area contributed by atoms with Crippen molar-refractivity contribution in [1.82, 2.24) is 0 Å². The maximum atomic E-state index is 10.2. The number of allylic oxidation sites excluding steroid dienone is 3. The molecule has 0 aliphatic rings. The molecule has 1 radical (unpaired) electrons. The lowest BCUT2D eigenvalue weighted by atomic mass is 10.2. The highest BCUT2D eigenvalue weighted by Crippen LogP contribution is 1.96. The normalized spacial score (nSPS) is 13.5. The van der Waals surface area contributed by atoms with Crippen LogP contribution in [0.2, 0.25) is 0 Å². The predicted molar refractivity (Wildman–Crippen MR) is 43.3 cm³/mol. The Morgan fingerprint density at radius 1 is 1.50 bits per heavy atom. The maximum Gasteiger partial charge on any atom is 0.103 e. The predicted octanol–water partition coefficient (Wildman–Crippen LogP) is 2.58. The summed E-state index contributed by atoms with van der Waals surface area (Å²) in [4.78, 5) is 0. The Bertz CT molecular complexity index is 132. The quantitative estimate of drug-likeness (QED) is 0.535. The lowest BCUT2D eigenvalue weighted by Crippen LogP contribution is -1.80. The Morgan fingerprint density at radius 2 is 2.10 bits per heavy atom. The second kappa shape index (κ2) is 5.24. The van der Waals surface area contributed by atoms with Crippen molar-refractivity contribution in [2.45, 2.75) is 20.8 Å². The minimum absolute atomic E-state index is 0.0948. The third kappa shape index (κ3) is 5.57. The van der Waals surface area contributed by atoms with E-state index in [1.165, 1.54) is 0 Å². The van der Waals surface area contributed by atoms with E-state index in [2.05, 4.69) is 19.9 Å². The van der Waals surface area contributed by atoms with Crippen LogP contribution in [0.25, 0.3) is 0 Å². The fraction of sp³-hybridized carbons (Fsp3) is 0.556. The van der Waals surface area contributed by atoms with Crippen molar-refractivity contribution in [2.75, 3.05) is 6.61 Å². The Labute approximate surface area is 63.1 Å². The van der Waals surface area contributed by atoms with Gasteiger partial charge < -0.3 is 0 Å². The molecule has 0 saturated heterocycles.